The van der Waals surface area contributed by atoms with E-state index in [1.54, 1.807) is 12.1 Å². The van der Waals surface area contributed by atoms with Crippen LogP contribution in [-0.4, -0.2) is 45.6 Å². The van der Waals surface area contributed by atoms with E-state index in [-0.39, 0.29) is 17.0 Å². The van der Waals surface area contributed by atoms with Gasteiger partial charge in [0.25, 0.3) is 0 Å². The van der Waals surface area contributed by atoms with E-state index in [0.29, 0.717) is 24.5 Å². The minimum atomic E-state index is -3.65. The molecule has 1 fully saturated rings. The van der Waals surface area contributed by atoms with Gasteiger partial charge in [-0.2, -0.15) is 4.31 Å². The van der Waals surface area contributed by atoms with E-state index >= 15 is 0 Å². The Kier molecular flexibility index (Phi) is 4.22. The normalized spacial score (nSPS) is 23.8. The number of benzene rings is 1. The minimum Gasteiger partial charge on any atom is -0.497 e. The zero-order valence-corrected chi connectivity index (χ0v) is 12.7. The van der Waals surface area contributed by atoms with Crippen molar-refractivity contribution in [3.8, 4) is 11.5 Å². The van der Waals surface area contributed by atoms with Crippen molar-refractivity contribution in [2.75, 3.05) is 20.8 Å². The molecule has 112 valence electrons. The molecule has 0 aromatic heterocycles. The van der Waals surface area contributed by atoms with Crippen LogP contribution in [0.2, 0.25) is 0 Å². The topological polar surface area (TPSA) is 81.9 Å². The molecule has 2 unspecified atom stereocenters. The van der Waals surface area contributed by atoms with E-state index in [1.165, 1.54) is 24.6 Å². The summed E-state index contributed by atoms with van der Waals surface area (Å²) in [5.41, 5.74) is 5.91. The largest absolute Gasteiger partial charge is 0.497 e. The van der Waals surface area contributed by atoms with Crippen molar-refractivity contribution in [2.24, 2.45) is 5.73 Å². The molecule has 2 rings (SSSR count). The summed E-state index contributed by atoms with van der Waals surface area (Å²) in [6.45, 7) is 2.24. The Labute approximate surface area is 119 Å². The van der Waals surface area contributed by atoms with Gasteiger partial charge in [-0.25, -0.2) is 8.42 Å². The molecule has 1 aromatic rings. The second kappa shape index (κ2) is 5.59. The molecule has 2 atom stereocenters. The Morgan fingerprint density at radius 2 is 2.00 bits per heavy atom. The third-order valence-electron chi connectivity index (χ3n) is 3.71. The van der Waals surface area contributed by atoms with Crippen LogP contribution < -0.4 is 15.2 Å². The molecule has 0 spiro atoms. The lowest BCUT2D eigenvalue weighted by molar-refractivity contribution is 0.375. The first-order chi connectivity index (χ1) is 9.41. The molecule has 0 aliphatic carbocycles. The highest BCUT2D eigenvalue weighted by molar-refractivity contribution is 7.89. The van der Waals surface area contributed by atoms with Crippen LogP contribution in [0, 0.1) is 0 Å². The Morgan fingerprint density at radius 1 is 1.30 bits per heavy atom. The Morgan fingerprint density at radius 3 is 2.50 bits per heavy atom. The first-order valence-electron chi connectivity index (χ1n) is 6.41. The lowest BCUT2D eigenvalue weighted by atomic mass is 10.2. The molecule has 1 saturated heterocycles. The van der Waals surface area contributed by atoms with E-state index in [4.69, 9.17) is 15.2 Å². The van der Waals surface area contributed by atoms with Gasteiger partial charge < -0.3 is 15.2 Å². The van der Waals surface area contributed by atoms with Crippen LogP contribution in [0.25, 0.3) is 0 Å². The third kappa shape index (κ3) is 2.48. The maximum absolute atomic E-state index is 12.8. The van der Waals surface area contributed by atoms with E-state index in [0.717, 1.165) is 0 Å². The summed E-state index contributed by atoms with van der Waals surface area (Å²) in [6.07, 6.45) is 0.659. The average Bonchev–Trinajstić information content (AvgIpc) is 2.78. The molecule has 20 heavy (non-hydrogen) atoms. The molecule has 1 aliphatic rings. The summed E-state index contributed by atoms with van der Waals surface area (Å²) in [6, 6.07) is 4.37. The van der Waals surface area contributed by atoms with Gasteiger partial charge in [-0.1, -0.05) is 0 Å². The number of hydrogen-bond acceptors (Lipinski definition) is 5. The van der Waals surface area contributed by atoms with Crippen molar-refractivity contribution in [2.45, 2.75) is 30.3 Å². The number of ether oxygens (including phenoxy) is 2. The molecular weight excluding hydrogens is 280 g/mol. The van der Waals surface area contributed by atoms with Gasteiger partial charge in [-0.15, -0.1) is 0 Å². The van der Waals surface area contributed by atoms with Gasteiger partial charge in [0.05, 0.1) is 14.2 Å². The molecule has 0 bridgehead atoms. The standard InChI is InChI=1S/C13H20N2O4S/c1-9-11(14)6-7-15(9)20(16,17)13-8-10(18-2)4-5-12(13)19-3/h4-5,8-9,11H,6-7,14H2,1-3H3. The summed E-state index contributed by atoms with van der Waals surface area (Å²) in [4.78, 5) is 0.111. The van der Waals surface area contributed by atoms with Crippen molar-refractivity contribution >= 4 is 10.0 Å². The highest BCUT2D eigenvalue weighted by atomic mass is 32.2. The highest BCUT2D eigenvalue weighted by Gasteiger charge is 2.38. The number of hydrogen-bond donors (Lipinski definition) is 1. The Bertz CT molecular complexity index is 588. The van der Waals surface area contributed by atoms with Gasteiger partial charge in [0.15, 0.2) is 0 Å². The van der Waals surface area contributed by atoms with Crippen LogP contribution in [0.4, 0.5) is 0 Å². The first kappa shape index (κ1) is 15.1. The summed E-state index contributed by atoms with van der Waals surface area (Å²) in [5.74, 6) is 0.777. The Hall–Kier alpha value is -1.31. The zero-order chi connectivity index (χ0) is 14.9. The fourth-order valence-electron chi connectivity index (χ4n) is 2.39. The van der Waals surface area contributed by atoms with Crippen LogP contribution in [0.15, 0.2) is 23.1 Å². The lowest BCUT2D eigenvalue weighted by Crippen LogP contribution is -2.40. The van der Waals surface area contributed by atoms with Crippen LogP contribution in [0.5, 0.6) is 11.5 Å². The predicted octanol–water partition coefficient (Wildman–Crippen LogP) is 0.814. The molecule has 1 aliphatic heterocycles. The molecular formula is C13H20N2O4S. The van der Waals surface area contributed by atoms with Gasteiger partial charge in [0.2, 0.25) is 10.0 Å². The van der Waals surface area contributed by atoms with E-state index in [1.807, 2.05) is 6.92 Å². The highest BCUT2D eigenvalue weighted by Crippen LogP contribution is 2.33. The van der Waals surface area contributed by atoms with E-state index in [9.17, 15) is 8.42 Å². The fourth-order valence-corrected chi connectivity index (χ4v) is 4.25. The van der Waals surface area contributed by atoms with Gasteiger partial charge in [0, 0.05) is 24.7 Å². The Balaban J connectivity index is 2.48. The van der Waals surface area contributed by atoms with Crippen molar-refractivity contribution in [3.63, 3.8) is 0 Å². The van der Waals surface area contributed by atoms with Crippen molar-refractivity contribution in [3.05, 3.63) is 18.2 Å². The maximum Gasteiger partial charge on any atom is 0.247 e. The van der Waals surface area contributed by atoms with Crippen molar-refractivity contribution < 1.29 is 17.9 Å². The molecule has 0 saturated carbocycles. The van der Waals surface area contributed by atoms with Gasteiger partial charge >= 0.3 is 0 Å². The fraction of sp³-hybridized carbons (Fsp3) is 0.538. The van der Waals surface area contributed by atoms with Crippen LogP contribution in [0.1, 0.15) is 13.3 Å². The molecule has 7 heteroatoms. The van der Waals surface area contributed by atoms with E-state index < -0.39 is 10.0 Å². The zero-order valence-electron chi connectivity index (χ0n) is 11.9. The average molecular weight is 300 g/mol. The lowest BCUT2D eigenvalue weighted by Gasteiger charge is -2.23. The van der Waals surface area contributed by atoms with Crippen LogP contribution >= 0.6 is 0 Å². The van der Waals surface area contributed by atoms with Gasteiger partial charge in [0.1, 0.15) is 16.4 Å². The number of methoxy groups -OCH3 is 2. The third-order valence-corrected chi connectivity index (χ3v) is 5.72. The molecule has 0 radical (unpaired) electrons. The minimum absolute atomic E-state index is 0.111. The number of nitrogens with zero attached hydrogens (tertiary/aromatic N) is 1. The second-order valence-electron chi connectivity index (χ2n) is 4.83. The van der Waals surface area contributed by atoms with E-state index in [2.05, 4.69) is 0 Å². The smallest absolute Gasteiger partial charge is 0.247 e. The number of nitrogens with two attached hydrogens (primary N) is 1. The van der Waals surface area contributed by atoms with Crippen molar-refractivity contribution in [1.29, 1.82) is 0 Å². The van der Waals surface area contributed by atoms with Crippen molar-refractivity contribution in [1.82, 2.24) is 4.31 Å². The number of sulfonamides is 1. The quantitative estimate of drug-likeness (QED) is 0.890. The molecule has 1 aromatic carbocycles. The van der Waals surface area contributed by atoms with Crippen LogP contribution in [0.3, 0.4) is 0 Å². The summed E-state index contributed by atoms with van der Waals surface area (Å²) in [5, 5.41) is 0. The summed E-state index contributed by atoms with van der Waals surface area (Å²) < 4.78 is 37.2. The summed E-state index contributed by atoms with van der Waals surface area (Å²) in [7, 11) is -0.711. The first-order valence-corrected chi connectivity index (χ1v) is 7.85. The predicted molar refractivity (Wildman–Crippen MR) is 75.5 cm³/mol. The monoisotopic (exact) mass is 300 g/mol. The van der Waals surface area contributed by atoms with Crippen LogP contribution in [-0.2, 0) is 10.0 Å². The van der Waals surface area contributed by atoms with Gasteiger partial charge in [-0.3, -0.25) is 0 Å². The number of rotatable bonds is 4. The molecule has 0 amide bonds. The SMILES string of the molecule is COc1ccc(OC)c(S(=O)(=O)N2CCC(N)C2C)c1. The summed E-state index contributed by atoms with van der Waals surface area (Å²) >= 11 is 0. The van der Waals surface area contributed by atoms with Gasteiger partial charge in [-0.05, 0) is 25.5 Å². The molecule has 1 heterocycles. The molecule has 2 N–H and O–H groups in total. The molecule has 6 nitrogen and oxygen atoms in total. The second-order valence-corrected chi connectivity index (χ2v) is 6.68. The maximum atomic E-state index is 12.8.